The minimum atomic E-state index is -0.673. The molecule has 0 aromatic rings. The van der Waals surface area contributed by atoms with Crippen LogP contribution < -0.4 is 0 Å². The van der Waals surface area contributed by atoms with Crippen molar-refractivity contribution in [2.24, 2.45) is 11.8 Å². The normalized spacial score (nSPS) is 43.1. The predicted octanol–water partition coefficient (Wildman–Crippen LogP) is 3.75. The Morgan fingerprint density at radius 2 is 2.08 bits per heavy atom. The number of allylic oxidation sites excluding steroid dienone is 2. The molecule has 0 aromatic carbocycles. The minimum Gasteiger partial charge on any atom is -0.450 e. The first kappa shape index (κ1) is 17.4. The molecule has 3 rings (SSSR count). The first-order chi connectivity index (χ1) is 11.3. The first-order valence-electron chi connectivity index (χ1n) is 9.09. The number of rotatable bonds is 0. The number of ketones is 1. The van der Waals surface area contributed by atoms with Crippen molar-refractivity contribution in [2.45, 2.75) is 77.1 Å². The second-order valence-electron chi connectivity index (χ2n) is 7.90. The molecule has 2 saturated heterocycles. The fraction of sp³-hybridized carbons (Fsp3) is 0.700. The Kier molecular flexibility index (Phi) is 4.69. The minimum absolute atomic E-state index is 0.0352. The van der Waals surface area contributed by atoms with Crippen LogP contribution in [0.15, 0.2) is 23.8 Å². The summed E-state index contributed by atoms with van der Waals surface area (Å²) in [5, 5.41) is 0. The van der Waals surface area contributed by atoms with Crippen molar-refractivity contribution in [2.75, 3.05) is 0 Å². The van der Waals surface area contributed by atoms with Crippen molar-refractivity contribution >= 4 is 11.8 Å². The summed E-state index contributed by atoms with van der Waals surface area (Å²) in [5.41, 5.74) is 1.67. The van der Waals surface area contributed by atoms with Crippen molar-refractivity contribution in [3.05, 3.63) is 23.8 Å². The molecule has 0 spiro atoms. The number of hydrogen-bond donors (Lipinski definition) is 0. The fourth-order valence-electron chi connectivity index (χ4n) is 3.99. The summed E-state index contributed by atoms with van der Waals surface area (Å²) in [7, 11) is 0. The van der Waals surface area contributed by atoms with E-state index in [4.69, 9.17) is 9.47 Å². The summed E-state index contributed by atoms with van der Waals surface area (Å²) < 4.78 is 11.3. The fourth-order valence-corrected chi connectivity index (χ4v) is 3.99. The number of carbonyl (C=O) groups excluding carboxylic acids is 2. The summed E-state index contributed by atoms with van der Waals surface area (Å²) in [6.45, 7) is 10.1. The average molecular weight is 332 g/mol. The van der Waals surface area contributed by atoms with Crippen molar-refractivity contribution in [3.63, 3.8) is 0 Å². The maximum Gasteiger partial charge on any atom is 0.334 e. The molecule has 1 aliphatic carbocycles. The van der Waals surface area contributed by atoms with Crippen LogP contribution in [-0.2, 0) is 19.1 Å². The van der Waals surface area contributed by atoms with E-state index in [1.165, 1.54) is 5.57 Å². The zero-order chi connectivity index (χ0) is 17.5. The monoisotopic (exact) mass is 332 g/mol. The molecule has 5 atom stereocenters. The molecule has 4 nitrogen and oxygen atoms in total. The van der Waals surface area contributed by atoms with Gasteiger partial charge in [-0.25, -0.2) is 4.79 Å². The van der Waals surface area contributed by atoms with Crippen LogP contribution in [0, 0.1) is 11.8 Å². The molecule has 0 radical (unpaired) electrons. The van der Waals surface area contributed by atoms with Crippen LogP contribution in [0.25, 0.3) is 0 Å². The van der Waals surface area contributed by atoms with Crippen molar-refractivity contribution in [3.8, 4) is 0 Å². The van der Waals surface area contributed by atoms with Gasteiger partial charge in [0, 0.05) is 17.4 Å². The Bertz CT molecular complexity index is 590. The van der Waals surface area contributed by atoms with E-state index in [1.54, 1.807) is 0 Å². The lowest BCUT2D eigenvalue weighted by molar-refractivity contribution is -0.148. The SMILES string of the molecule is C=C1C(=O)O[C@H]2C(=O)[C@@H](C)CCC/C(C)=C/CCC3(C)O[C@@H]3C[C@@H]12. The molecule has 0 amide bonds. The van der Waals surface area contributed by atoms with Gasteiger partial charge in [-0.1, -0.05) is 25.2 Å². The Balaban J connectivity index is 1.81. The average Bonchev–Trinajstić information content (AvgIpc) is 3.08. The lowest BCUT2D eigenvalue weighted by atomic mass is 9.82. The molecule has 1 unspecified atom stereocenters. The van der Waals surface area contributed by atoms with Crippen LogP contribution in [-0.4, -0.2) is 29.6 Å². The summed E-state index contributed by atoms with van der Waals surface area (Å²) in [6.07, 6.45) is 7.16. The van der Waals surface area contributed by atoms with E-state index in [-0.39, 0.29) is 29.3 Å². The number of fused-ring (bicyclic) bond motifs is 2. The summed E-state index contributed by atoms with van der Waals surface area (Å²) in [4.78, 5) is 24.8. The molecule has 3 aliphatic rings. The summed E-state index contributed by atoms with van der Waals surface area (Å²) in [5.74, 6) is -0.722. The van der Waals surface area contributed by atoms with E-state index in [2.05, 4.69) is 26.5 Å². The quantitative estimate of drug-likeness (QED) is 0.293. The third kappa shape index (κ3) is 3.34. The number of epoxide rings is 1. The largest absolute Gasteiger partial charge is 0.450 e. The lowest BCUT2D eigenvalue weighted by Crippen LogP contribution is -2.33. The van der Waals surface area contributed by atoms with Crippen LogP contribution in [0.1, 0.15) is 59.3 Å². The molecular formula is C20H28O4. The standard InChI is InChI=1S/C20H28O4/c1-12-7-5-9-13(2)17(21)18-15(14(3)19(22)23-18)11-16-20(4,24-16)10-6-8-12/h8,13,15-16,18H,3,5-7,9-11H2,1-2,4H3/b12-8+/t13-,15-,16+,18+,20?/m0/s1. The molecule has 0 bridgehead atoms. The van der Waals surface area contributed by atoms with E-state index in [1.807, 2.05) is 6.92 Å². The maximum absolute atomic E-state index is 12.8. The van der Waals surface area contributed by atoms with Crippen molar-refractivity contribution < 1.29 is 19.1 Å². The molecule has 24 heavy (non-hydrogen) atoms. The van der Waals surface area contributed by atoms with Crippen LogP contribution in [0.2, 0.25) is 0 Å². The van der Waals surface area contributed by atoms with Gasteiger partial charge in [0.2, 0.25) is 0 Å². The number of ether oxygens (including phenoxy) is 2. The van der Waals surface area contributed by atoms with Crippen LogP contribution >= 0.6 is 0 Å². The number of hydrogen-bond acceptors (Lipinski definition) is 4. The molecule has 4 heteroatoms. The van der Waals surface area contributed by atoms with Gasteiger partial charge >= 0.3 is 5.97 Å². The molecule has 2 aliphatic heterocycles. The van der Waals surface area contributed by atoms with Gasteiger partial charge < -0.3 is 9.47 Å². The summed E-state index contributed by atoms with van der Waals surface area (Å²) >= 11 is 0. The Morgan fingerprint density at radius 1 is 1.33 bits per heavy atom. The smallest absolute Gasteiger partial charge is 0.334 e. The highest BCUT2D eigenvalue weighted by Gasteiger charge is 2.55. The lowest BCUT2D eigenvalue weighted by Gasteiger charge is -2.20. The maximum atomic E-state index is 12.8. The zero-order valence-electron chi connectivity index (χ0n) is 15.0. The van der Waals surface area contributed by atoms with Gasteiger partial charge in [0.05, 0.1) is 11.7 Å². The third-order valence-corrected chi connectivity index (χ3v) is 5.92. The van der Waals surface area contributed by atoms with Gasteiger partial charge in [-0.05, 0) is 52.4 Å². The Hall–Kier alpha value is -1.42. The number of esters is 1. The van der Waals surface area contributed by atoms with Crippen molar-refractivity contribution in [1.29, 1.82) is 0 Å². The van der Waals surface area contributed by atoms with Crippen LogP contribution in [0.4, 0.5) is 0 Å². The molecular weight excluding hydrogens is 304 g/mol. The third-order valence-electron chi connectivity index (χ3n) is 5.92. The van der Waals surface area contributed by atoms with E-state index in [9.17, 15) is 9.59 Å². The van der Waals surface area contributed by atoms with E-state index in [0.717, 1.165) is 32.1 Å². The molecule has 0 saturated carbocycles. The molecule has 0 N–H and O–H groups in total. The molecule has 2 fully saturated rings. The van der Waals surface area contributed by atoms with Gasteiger partial charge in [0.1, 0.15) is 0 Å². The van der Waals surface area contributed by atoms with Crippen LogP contribution in [0.3, 0.4) is 0 Å². The van der Waals surface area contributed by atoms with E-state index < -0.39 is 12.1 Å². The summed E-state index contributed by atoms with van der Waals surface area (Å²) in [6, 6.07) is 0. The zero-order valence-corrected chi connectivity index (χ0v) is 15.0. The highest BCUT2D eigenvalue weighted by atomic mass is 16.6. The number of Topliss-reactive ketones (excluding diaryl/α,β-unsaturated/α-hetero) is 1. The molecule has 132 valence electrons. The molecule has 2 heterocycles. The Labute approximate surface area is 144 Å². The first-order valence-corrected chi connectivity index (χ1v) is 9.09. The molecule has 0 aromatic heterocycles. The van der Waals surface area contributed by atoms with Crippen molar-refractivity contribution in [1.82, 2.24) is 0 Å². The Morgan fingerprint density at radius 3 is 2.83 bits per heavy atom. The predicted molar refractivity (Wildman–Crippen MR) is 91.4 cm³/mol. The second-order valence-corrected chi connectivity index (χ2v) is 7.90. The topological polar surface area (TPSA) is 55.9 Å². The van der Waals surface area contributed by atoms with Gasteiger partial charge in [-0.2, -0.15) is 0 Å². The van der Waals surface area contributed by atoms with Gasteiger partial charge in [-0.15, -0.1) is 0 Å². The number of carbonyl (C=O) groups is 2. The second kappa shape index (κ2) is 6.47. The highest BCUT2D eigenvalue weighted by Crippen LogP contribution is 2.47. The van der Waals surface area contributed by atoms with Gasteiger partial charge in [-0.3, -0.25) is 4.79 Å². The van der Waals surface area contributed by atoms with E-state index in [0.29, 0.717) is 12.0 Å². The van der Waals surface area contributed by atoms with Crippen LogP contribution in [0.5, 0.6) is 0 Å². The highest BCUT2D eigenvalue weighted by molar-refractivity contribution is 5.98. The van der Waals surface area contributed by atoms with Gasteiger partial charge in [0.25, 0.3) is 0 Å². The van der Waals surface area contributed by atoms with Gasteiger partial charge in [0.15, 0.2) is 11.9 Å². The van der Waals surface area contributed by atoms with E-state index >= 15 is 0 Å².